The standard InChI is InChI=1S/C15H21N3O5/c1-15(2,3)23-14(20)17-8-6-16(7-9-17)12-5-4-11(19)10-13(12)18(21)22/h4-5,10,19H,6-9H2,1-3H3. The van der Waals surface area contributed by atoms with Crippen LogP contribution < -0.4 is 4.90 Å². The van der Waals surface area contributed by atoms with E-state index in [-0.39, 0.29) is 17.5 Å². The fraction of sp³-hybridized carbons (Fsp3) is 0.533. The minimum Gasteiger partial charge on any atom is -0.508 e. The Balaban J connectivity index is 2.05. The molecule has 1 aliphatic heterocycles. The van der Waals surface area contributed by atoms with E-state index in [0.29, 0.717) is 31.9 Å². The van der Waals surface area contributed by atoms with Gasteiger partial charge in [0.15, 0.2) is 0 Å². The van der Waals surface area contributed by atoms with Crippen molar-refractivity contribution in [3.63, 3.8) is 0 Å². The molecule has 1 aromatic rings. The number of anilines is 1. The van der Waals surface area contributed by atoms with Gasteiger partial charge in [-0.3, -0.25) is 10.1 Å². The molecule has 8 nitrogen and oxygen atoms in total. The van der Waals surface area contributed by atoms with Crippen LogP contribution in [0.5, 0.6) is 5.75 Å². The molecule has 126 valence electrons. The third kappa shape index (κ3) is 4.24. The van der Waals surface area contributed by atoms with Gasteiger partial charge >= 0.3 is 6.09 Å². The van der Waals surface area contributed by atoms with Gasteiger partial charge in [-0.1, -0.05) is 0 Å². The molecular weight excluding hydrogens is 302 g/mol. The van der Waals surface area contributed by atoms with Gasteiger partial charge in [0.1, 0.15) is 17.0 Å². The van der Waals surface area contributed by atoms with E-state index < -0.39 is 10.5 Å². The second-order valence-corrected chi connectivity index (χ2v) is 6.38. The summed E-state index contributed by atoms with van der Waals surface area (Å²) in [6, 6.07) is 4.08. The van der Waals surface area contributed by atoms with Crippen LogP contribution in [0.1, 0.15) is 20.8 Å². The van der Waals surface area contributed by atoms with Crippen molar-refractivity contribution in [1.82, 2.24) is 4.90 Å². The van der Waals surface area contributed by atoms with Gasteiger partial charge in [-0.05, 0) is 32.9 Å². The molecule has 8 heteroatoms. The first-order chi connectivity index (χ1) is 10.7. The van der Waals surface area contributed by atoms with E-state index >= 15 is 0 Å². The van der Waals surface area contributed by atoms with Gasteiger partial charge in [0.25, 0.3) is 5.69 Å². The van der Waals surface area contributed by atoms with E-state index in [1.807, 2.05) is 4.90 Å². The fourth-order valence-electron chi connectivity index (χ4n) is 2.38. The first kappa shape index (κ1) is 16.9. The average Bonchev–Trinajstić information content (AvgIpc) is 2.45. The van der Waals surface area contributed by atoms with Crippen molar-refractivity contribution >= 4 is 17.5 Å². The highest BCUT2D eigenvalue weighted by Crippen LogP contribution is 2.32. The van der Waals surface area contributed by atoms with E-state index in [9.17, 15) is 20.0 Å². The van der Waals surface area contributed by atoms with E-state index in [1.54, 1.807) is 25.7 Å². The van der Waals surface area contributed by atoms with Crippen LogP contribution in [0, 0.1) is 10.1 Å². The molecule has 0 radical (unpaired) electrons. The lowest BCUT2D eigenvalue weighted by Gasteiger charge is -2.36. The van der Waals surface area contributed by atoms with E-state index in [1.165, 1.54) is 12.1 Å². The maximum absolute atomic E-state index is 12.0. The maximum Gasteiger partial charge on any atom is 0.410 e. The molecule has 0 bridgehead atoms. The Labute approximate surface area is 134 Å². The molecule has 1 amide bonds. The summed E-state index contributed by atoms with van der Waals surface area (Å²) in [4.78, 5) is 26.1. The predicted molar refractivity (Wildman–Crippen MR) is 84.8 cm³/mol. The van der Waals surface area contributed by atoms with Gasteiger partial charge in [0.2, 0.25) is 0 Å². The minimum absolute atomic E-state index is 0.143. The number of aromatic hydroxyl groups is 1. The number of amides is 1. The molecule has 0 unspecified atom stereocenters. The van der Waals surface area contributed by atoms with E-state index in [4.69, 9.17) is 4.74 Å². The fourth-order valence-corrected chi connectivity index (χ4v) is 2.38. The van der Waals surface area contributed by atoms with Crippen LogP contribution in [0.3, 0.4) is 0 Å². The molecule has 1 aromatic carbocycles. The van der Waals surface area contributed by atoms with Gasteiger partial charge < -0.3 is 19.6 Å². The van der Waals surface area contributed by atoms with E-state index in [0.717, 1.165) is 6.07 Å². The molecule has 1 saturated heterocycles. The number of phenols is 1. The molecule has 0 atom stereocenters. The SMILES string of the molecule is CC(C)(C)OC(=O)N1CCN(c2ccc(O)cc2[N+](=O)[O-])CC1. The number of carbonyl (C=O) groups excluding carboxylic acids is 1. The van der Waals surface area contributed by atoms with Crippen molar-refractivity contribution in [2.45, 2.75) is 26.4 Å². The molecule has 1 N–H and O–H groups in total. The molecule has 1 heterocycles. The Kier molecular flexibility index (Phi) is 4.63. The number of rotatable bonds is 2. The Morgan fingerprint density at radius 1 is 1.26 bits per heavy atom. The third-order valence-electron chi connectivity index (χ3n) is 3.43. The molecule has 0 spiro atoms. The Hall–Kier alpha value is -2.51. The number of phenolic OH excluding ortho intramolecular Hbond substituents is 1. The first-order valence-electron chi connectivity index (χ1n) is 7.37. The molecule has 23 heavy (non-hydrogen) atoms. The molecule has 0 saturated carbocycles. The summed E-state index contributed by atoms with van der Waals surface area (Å²) >= 11 is 0. The van der Waals surface area contributed by atoms with Crippen LogP contribution >= 0.6 is 0 Å². The van der Waals surface area contributed by atoms with Crippen molar-refractivity contribution in [2.75, 3.05) is 31.1 Å². The summed E-state index contributed by atoms with van der Waals surface area (Å²) in [6.07, 6.45) is -0.377. The third-order valence-corrected chi connectivity index (χ3v) is 3.43. The van der Waals surface area contributed by atoms with Crippen molar-refractivity contribution in [2.24, 2.45) is 0 Å². The number of nitro groups is 1. The van der Waals surface area contributed by atoms with Crippen LogP contribution in [0.2, 0.25) is 0 Å². The van der Waals surface area contributed by atoms with Gasteiger partial charge in [0.05, 0.1) is 11.0 Å². The normalized spacial score (nSPS) is 15.4. The molecule has 2 rings (SSSR count). The molecule has 1 fully saturated rings. The second kappa shape index (κ2) is 6.31. The van der Waals surface area contributed by atoms with E-state index in [2.05, 4.69) is 0 Å². The lowest BCUT2D eigenvalue weighted by molar-refractivity contribution is -0.384. The van der Waals surface area contributed by atoms with Crippen LogP contribution in [0.4, 0.5) is 16.2 Å². The zero-order valence-corrected chi connectivity index (χ0v) is 13.5. The van der Waals surface area contributed by atoms with Crippen LogP contribution in [0.25, 0.3) is 0 Å². The highest BCUT2D eigenvalue weighted by atomic mass is 16.6. The Morgan fingerprint density at radius 3 is 2.39 bits per heavy atom. The summed E-state index contributed by atoms with van der Waals surface area (Å²) in [5.74, 6) is -0.146. The number of carbonyl (C=O) groups is 1. The highest BCUT2D eigenvalue weighted by molar-refractivity contribution is 5.70. The summed E-state index contributed by atoms with van der Waals surface area (Å²) in [7, 11) is 0. The average molecular weight is 323 g/mol. The van der Waals surface area contributed by atoms with Crippen LogP contribution in [-0.2, 0) is 4.74 Å². The number of nitrogens with zero attached hydrogens (tertiary/aromatic N) is 3. The Morgan fingerprint density at radius 2 is 1.87 bits per heavy atom. The lowest BCUT2D eigenvalue weighted by Crippen LogP contribution is -2.50. The van der Waals surface area contributed by atoms with Crippen molar-refractivity contribution < 1.29 is 19.6 Å². The van der Waals surface area contributed by atoms with Gasteiger partial charge in [-0.15, -0.1) is 0 Å². The number of nitro benzene ring substituents is 1. The Bertz CT molecular complexity index is 604. The van der Waals surface area contributed by atoms with Crippen molar-refractivity contribution in [3.8, 4) is 5.75 Å². The lowest BCUT2D eigenvalue weighted by atomic mass is 10.2. The molecular formula is C15H21N3O5. The smallest absolute Gasteiger partial charge is 0.410 e. The van der Waals surface area contributed by atoms with Crippen LogP contribution in [-0.4, -0.2) is 52.8 Å². The number of hydrogen-bond acceptors (Lipinski definition) is 6. The topological polar surface area (TPSA) is 96.2 Å². The summed E-state index contributed by atoms with van der Waals surface area (Å²) in [6.45, 7) is 7.19. The summed E-state index contributed by atoms with van der Waals surface area (Å²) in [5, 5.41) is 20.5. The molecule has 1 aliphatic rings. The molecule has 0 aromatic heterocycles. The molecule has 0 aliphatic carbocycles. The first-order valence-corrected chi connectivity index (χ1v) is 7.37. The number of ether oxygens (including phenoxy) is 1. The van der Waals surface area contributed by atoms with Gasteiger partial charge in [-0.2, -0.15) is 0 Å². The highest BCUT2D eigenvalue weighted by Gasteiger charge is 2.28. The predicted octanol–water partition coefficient (Wildman–Crippen LogP) is 2.36. The largest absolute Gasteiger partial charge is 0.508 e. The van der Waals surface area contributed by atoms with Crippen LogP contribution in [0.15, 0.2) is 18.2 Å². The maximum atomic E-state index is 12.0. The van der Waals surface area contributed by atoms with Crippen molar-refractivity contribution in [1.29, 1.82) is 0 Å². The second-order valence-electron chi connectivity index (χ2n) is 6.38. The monoisotopic (exact) mass is 323 g/mol. The quantitative estimate of drug-likeness (QED) is 0.663. The summed E-state index contributed by atoms with van der Waals surface area (Å²) < 4.78 is 5.32. The summed E-state index contributed by atoms with van der Waals surface area (Å²) in [5.41, 5.74) is -0.253. The number of hydrogen-bond donors (Lipinski definition) is 1. The number of piperazine rings is 1. The minimum atomic E-state index is -0.552. The number of benzene rings is 1. The van der Waals surface area contributed by atoms with Gasteiger partial charge in [0, 0.05) is 26.2 Å². The van der Waals surface area contributed by atoms with Crippen molar-refractivity contribution in [3.05, 3.63) is 28.3 Å². The van der Waals surface area contributed by atoms with Gasteiger partial charge in [-0.25, -0.2) is 4.79 Å². The zero-order valence-electron chi connectivity index (χ0n) is 13.5. The zero-order chi connectivity index (χ0) is 17.2.